The van der Waals surface area contributed by atoms with Gasteiger partial charge in [-0.2, -0.15) is 0 Å². The third-order valence-corrected chi connectivity index (χ3v) is 2.54. The molecule has 0 radical (unpaired) electrons. The number of pyridine rings is 1. The lowest BCUT2D eigenvalue weighted by Crippen LogP contribution is -2.10. The van der Waals surface area contributed by atoms with Crippen LogP contribution in [0.2, 0.25) is 0 Å². The molecule has 0 aliphatic rings. The van der Waals surface area contributed by atoms with Crippen LogP contribution in [0.15, 0.2) is 42.6 Å². The van der Waals surface area contributed by atoms with Crippen molar-refractivity contribution in [2.45, 2.75) is 0 Å². The SMILES string of the molecule is N=c1nc2ccccn2c2cc(F)ccc12. The number of nitrogens with zero attached hydrogens (tertiary/aromatic N) is 2. The molecule has 0 bridgehead atoms. The van der Waals surface area contributed by atoms with E-state index in [-0.39, 0.29) is 11.3 Å². The van der Waals surface area contributed by atoms with Gasteiger partial charge in [0, 0.05) is 11.6 Å². The normalized spacial score (nSPS) is 11.1. The second-order valence-corrected chi connectivity index (χ2v) is 3.55. The van der Waals surface area contributed by atoms with Gasteiger partial charge in [0.25, 0.3) is 0 Å². The average Bonchev–Trinajstić information content (AvgIpc) is 2.29. The molecule has 0 aliphatic heterocycles. The zero-order valence-corrected chi connectivity index (χ0v) is 8.31. The number of fused-ring (bicyclic) bond motifs is 3. The van der Waals surface area contributed by atoms with E-state index < -0.39 is 0 Å². The summed E-state index contributed by atoms with van der Waals surface area (Å²) in [6.45, 7) is 0. The average molecular weight is 213 g/mol. The summed E-state index contributed by atoms with van der Waals surface area (Å²) in [4.78, 5) is 4.14. The van der Waals surface area contributed by atoms with Gasteiger partial charge in [-0.3, -0.25) is 5.41 Å². The molecule has 3 rings (SSSR count). The van der Waals surface area contributed by atoms with Gasteiger partial charge in [-0.05, 0) is 30.3 Å². The molecule has 2 aromatic heterocycles. The van der Waals surface area contributed by atoms with Crippen LogP contribution in [-0.2, 0) is 0 Å². The van der Waals surface area contributed by atoms with Crippen LogP contribution in [0.3, 0.4) is 0 Å². The highest BCUT2D eigenvalue weighted by Crippen LogP contribution is 2.12. The second-order valence-electron chi connectivity index (χ2n) is 3.55. The van der Waals surface area contributed by atoms with Crippen molar-refractivity contribution in [3.8, 4) is 0 Å². The van der Waals surface area contributed by atoms with Gasteiger partial charge in [0.05, 0.1) is 5.52 Å². The summed E-state index contributed by atoms with van der Waals surface area (Å²) in [6.07, 6.45) is 1.81. The lowest BCUT2D eigenvalue weighted by atomic mass is 10.2. The van der Waals surface area contributed by atoms with Crippen molar-refractivity contribution in [3.05, 3.63) is 53.9 Å². The lowest BCUT2D eigenvalue weighted by Gasteiger charge is -2.05. The molecule has 0 aliphatic carbocycles. The molecule has 3 nitrogen and oxygen atoms in total. The van der Waals surface area contributed by atoms with Gasteiger partial charge < -0.3 is 4.40 Å². The Morgan fingerprint density at radius 1 is 1.19 bits per heavy atom. The Bertz CT molecular complexity index is 746. The number of benzene rings is 1. The summed E-state index contributed by atoms with van der Waals surface area (Å²) in [6, 6.07) is 9.83. The van der Waals surface area contributed by atoms with E-state index in [2.05, 4.69) is 4.98 Å². The fraction of sp³-hybridized carbons (Fsp3) is 0. The van der Waals surface area contributed by atoms with E-state index in [1.54, 1.807) is 16.5 Å². The molecule has 0 saturated heterocycles. The zero-order chi connectivity index (χ0) is 11.1. The molecular formula is C12H8FN3. The molecule has 3 aromatic rings. The van der Waals surface area contributed by atoms with Crippen molar-refractivity contribution < 1.29 is 4.39 Å². The zero-order valence-electron chi connectivity index (χ0n) is 8.31. The highest BCUT2D eigenvalue weighted by molar-refractivity contribution is 5.80. The quantitative estimate of drug-likeness (QED) is 0.571. The first-order valence-corrected chi connectivity index (χ1v) is 4.87. The predicted molar refractivity (Wildman–Crippen MR) is 58.5 cm³/mol. The van der Waals surface area contributed by atoms with E-state index in [9.17, 15) is 4.39 Å². The molecule has 16 heavy (non-hydrogen) atoms. The molecule has 1 aromatic carbocycles. The van der Waals surface area contributed by atoms with E-state index >= 15 is 0 Å². The van der Waals surface area contributed by atoms with Gasteiger partial charge in [0.2, 0.25) is 0 Å². The number of hydrogen-bond donors (Lipinski definition) is 1. The smallest absolute Gasteiger partial charge is 0.156 e. The Balaban J connectivity index is 2.67. The Labute approximate surface area is 90.3 Å². The van der Waals surface area contributed by atoms with Crippen LogP contribution in [0, 0.1) is 11.2 Å². The Morgan fingerprint density at radius 2 is 2.06 bits per heavy atom. The van der Waals surface area contributed by atoms with Crippen LogP contribution in [0.25, 0.3) is 16.6 Å². The maximum atomic E-state index is 13.2. The minimum absolute atomic E-state index is 0.168. The van der Waals surface area contributed by atoms with E-state index in [0.29, 0.717) is 16.6 Å². The van der Waals surface area contributed by atoms with Crippen LogP contribution < -0.4 is 5.49 Å². The molecule has 78 valence electrons. The second kappa shape index (κ2) is 3.13. The molecule has 4 heteroatoms. The third-order valence-electron chi connectivity index (χ3n) is 2.54. The minimum Gasteiger partial charge on any atom is -0.301 e. The van der Waals surface area contributed by atoms with Gasteiger partial charge in [0.1, 0.15) is 11.5 Å². The molecule has 0 unspecified atom stereocenters. The Kier molecular flexibility index (Phi) is 1.77. The van der Waals surface area contributed by atoms with E-state index in [1.165, 1.54) is 12.1 Å². The standard InChI is InChI=1S/C12H8FN3/c13-8-4-5-9-10(7-8)16-6-2-1-3-11(16)15-12(9)14/h1-7,14H. The molecule has 2 heterocycles. The number of hydrogen-bond acceptors (Lipinski definition) is 2. The fourth-order valence-corrected chi connectivity index (χ4v) is 1.81. The summed E-state index contributed by atoms with van der Waals surface area (Å²) in [5, 5.41) is 8.41. The molecule has 0 atom stereocenters. The van der Waals surface area contributed by atoms with Crippen molar-refractivity contribution >= 4 is 16.6 Å². The summed E-state index contributed by atoms with van der Waals surface area (Å²) in [7, 11) is 0. The largest absolute Gasteiger partial charge is 0.301 e. The molecular weight excluding hydrogens is 205 g/mol. The Morgan fingerprint density at radius 3 is 2.94 bits per heavy atom. The lowest BCUT2D eigenvalue weighted by molar-refractivity contribution is 0.629. The van der Waals surface area contributed by atoms with E-state index in [0.717, 1.165) is 0 Å². The van der Waals surface area contributed by atoms with Gasteiger partial charge in [-0.1, -0.05) is 6.07 Å². The van der Waals surface area contributed by atoms with Crippen molar-refractivity contribution in [2.75, 3.05) is 0 Å². The van der Waals surface area contributed by atoms with Crippen LogP contribution in [-0.4, -0.2) is 9.38 Å². The monoisotopic (exact) mass is 213 g/mol. The minimum atomic E-state index is -0.309. The highest BCUT2D eigenvalue weighted by atomic mass is 19.1. The van der Waals surface area contributed by atoms with Gasteiger partial charge in [0.15, 0.2) is 5.49 Å². The predicted octanol–water partition coefficient (Wildman–Crippen LogP) is 2.11. The van der Waals surface area contributed by atoms with Crippen LogP contribution in [0.1, 0.15) is 0 Å². The first kappa shape index (κ1) is 9.03. The number of nitrogens with one attached hydrogen (secondary N) is 1. The maximum Gasteiger partial charge on any atom is 0.156 e. The molecule has 0 saturated carbocycles. The van der Waals surface area contributed by atoms with Crippen LogP contribution in [0.4, 0.5) is 4.39 Å². The topological polar surface area (TPSA) is 41.2 Å². The van der Waals surface area contributed by atoms with Crippen molar-refractivity contribution in [1.29, 1.82) is 5.41 Å². The van der Waals surface area contributed by atoms with Gasteiger partial charge in [-0.25, -0.2) is 9.37 Å². The highest BCUT2D eigenvalue weighted by Gasteiger charge is 2.03. The summed E-state index contributed by atoms with van der Waals surface area (Å²) < 4.78 is 15.0. The van der Waals surface area contributed by atoms with Crippen molar-refractivity contribution in [3.63, 3.8) is 0 Å². The summed E-state index contributed by atoms with van der Waals surface area (Å²) in [5.74, 6) is -0.309. The molecule has 0 amide bonds. The molecule has 0 spiro atoms. The van der Waals surface area contributed by atoms with E-state index in [4.69, 9.17) is 5.41 Å². The van der Waals surface area contributed by atoms with E-state index in [1.807, 2.05) is 18.3 Å². The maximum absolute atomic E-state index is 13.2. The third kappa shape index (κ3) is 1.20. The van der Waals surface area contributed by atoms with Crippen molar-refractivity contribution in [2.24, 2.45) is 0 Å². The summed E-state index contributed by atoms with van der Waals surface area (Å²) >= 11 is 0. The summed E-state index contributed by atoms with van der Waals surface area (Å²) in [5.41, 5.74) is 1.47. The Hall–Kier alpha value is -2.23. The van der Waals surface area contributed by atoms with Crippen LogP contribution in [0.5, 0.6) is 0 Å². The fourth-order valence-electron chi connectivity index (χ4n) is 1.81. The first-order chi connectivity index (χ1) is 7.75. The van der Waals surface area contributed by atoms with Gasteiger partial charge >= 0.3 is 0 Å². The number of aromatic nitrogens is 2. The van der Waals surface area contributed by atoms with Crippen molar-refractivity contribution in [1.82, 2.24) is 9.38 Å². The molecule has 1 N–H and O–H groups in total. The number of halogens is 1. The van der Waals surface area contributed by atoms with Crippen LogP contribution >= 0.6 is 0 Å². The number of rotatable bonds is 0. The first-order valence-electron chi connectivity index (χ1n) is 4.87. The van der Waals surface area contributed by atoms with Gasteiger partial charge in [-0.15, -0.1) is 0 Å². The molecule has 0 fully saturated rings.